The zero-order valence-corrected chi connectivity index (χ0v) is 21.1. The average molecular weight is 539 g/mol. The molecule has 2 aromatic rings. The van der Waals surface area contributed by atoms with E-state index in [2.05, 4.69) is 10.3 Å². The van der Waals surface area contributed by atoms with Crippen LogP contribution in [0.2, 0.25) is 10.0 Å². The highest BCUT2D eigenvalue weighted by Gasteiger charge is 2.24. The van der Waals surface area contributed by atoms with Gasteiger partial charge in [-0.05, 0) is 17.7 Å². The number of nitrogens with one attached hydrogen (secondary N) is 1. The fraction of sp³-hybridized carbons (Fsp3) is 0.261. The molecule has 0 saturated heterocycles. The normalized spacial score (nSPS) is 13.8. The van der Waals surface area contributed by atoms with Crippen molar-refractivity contribution in [2.45, 2.75) is 11.4 Å². The number of halogens is 2. The molecule has 186 valence electrons. The van der Waals surface area contributed by atoms with Gasteiger partial charge < -0.3 is 10.0 Å². The SMILES string of the molecule is CN(Cc1ccc(C2=NCCN2C(=O)O)cc1)C(=O)/C=C/CNCS(=O)(=O)c1c(Cl)cccc1Cl. The summed E-state index contributed by atoms with van der Waals surface area (Å²) in [4.78, 5) is 30.5. The van der Waals surface area contributed by atoms with E-state index < -0.39 is 15.9 Å². The number of carboxylic acid groups (broad SMARTS) is 1. The summed E-state index contributed by atoms with van der Waals surface area (Å²) in [5.74, 6) is -0.227. The van der Waals surface area contributed by atoms with Crippen LogP contribution in [0.4, 0.5) is 4.79 Å². The molecule has 2 N–H and O–H groups in total. The van der Waals surface area contributed by atoms with Crippen LogP contribution >= 0.6 is 23.2 Å². The zero-order valence-electron chi connectivity index (χ0n) is 18.8. The molecular formula is C23H24Cl2N4O5S. The van der Waals surface area contributed by atoms with Crippen molar-refractivity contribution < 1.29 is 23.1 Å². The van der Waals surface area contributed by atoms with Crippen LogP contribution in [0, 0.1) is 0 Å². The first-order valence-corrected chi connectivity index (χ1v) is 12.9. The number of aliphatic imine (C=N–C) groups is 1. The Labute approximate surface area is 213 Å². The Morgan fingerprint density at radius 3 is 2.46 bits per heavy atom. The van der Waals surface area contributed by atoms with E-state index in [1.54, 1.807) is 25.2 Å². The largest absolute Gasteiger partial charge is 0.465 e. The number of sulfone groups is 1. The minimum absolute atomic E-state index is 0.0510. The van der Waals surface area contributed by atoms with E-state index in [1.165, 1.54) is 34.1 Å². The number of hydrogen-bond acceptors (Lipinski definition) is 6. The van der Waals surface area contributed by atoms with Gasteiger partial charge in [-0.2, -0.15) is 0 Å². The number of hydrogen-bond donors (Lipinski definition) is 2. The second kappa shape index (κ2) is 11.7. The van der Waals surface area contributed by atoms with E-state index >= 15 is 0 Å². The smallest absolute Gasteiger partial charge is 0.413 e. The summed E-state index contributed by atoms with van der Waals surface area (Å²) in [6.45, 7) is 1.26. The van der Waals surface area contributed by atoms with E-state index in [0.717, 1.165) is 5.56 Å². The van der Waals surface area contributed by atoms with Gasteiger partial charge in [0.25, 0.3) is 0 Å². The van der Waals surface area contributed by atoms with Crippen LogP contribution in [0.15, 0.2) is 64.5 Å². The molecule has 0 unspecified atom stereocenters. The summed E-state index contributed by atoms with van der Waals surface area (Å²) in [7, 11) is -2.10. The van der Waals surface area contributed by atoms with Crippen molar-refractivity contribution in [2.75, 3.05) is 32.6 Å². The molecule has 0 saturated carbocycles. The molecular weight excluding hydrogens is 515 g/mol. The first kappa shape index (κ1) is 26.7. The summed E-state index contributed by atoms with van der Waals surface area (Å²) in [6.07, 6.45) is 1.85. The average Bonchev–Trinajstić information content (AvgIpc) is 3.29. The monoisotopic (exact) mass is 538 g/mol. The lowest BCUT2D eigenvalue weighted by atomic mass is 10.1. The lowest BCUT2D eigenvalue weighted by Crippen LogP contribution is -2.33. The van der Waals surface area contributed by atoms with E-state index in [1.807, 2.05) is 12.1 Å². The third-order valence-corrected chi connectivity index (χ3v) is 7.62. The van der Waals surface area contributed by atoms with E-state index in [9.17, 15) is 23.1 Å². The molecule has 9 nitrogen and oxygen atoms in total. The molecule has 1 heterocycles. The second-order valence-corrected chi connectivity index (χ2v) is 10.4. The molecule has 1 aliphatic heterocycles. The number of carbonyl (C=O) groups is 2. The first-order valence-electron chi connectivity index (χ1n) is 10.5. The van der Waals surface area contributed by atoms with Gasteiger partial charge in [0.2, 0.25) is 5.91 Å². The number of amides is 2. The number of rotatable bonds is 9. The maximum atomic E-state index is 12.5. The van der Waals surface area contributed by atoms with Gasteiger partial charge in [-0.15, -0.1) is 0 Å². The Morgan fingerprint density at radius 1 is 1.17 bits per heavy atom. The number of carbonyl (C=O) groups excluding carboxylic acids is 1. The molecule has 0 fully saturated rings. The van der Waals surface area contributed by atoms with Crippen LogP contribution in [0.3, 0.4) is 0 Å². The molecule has 0 aliphatic carbocycles. The maximum Gasteiger partial charge on any atom is 0.413 e. The molecule has 0 bridgehead atoms. The standard InChI is InChI=1S/C23H24Cl2N4O5S/c1-28(14-16-7-9-17(10-8-16)22-27-12-13-29(22)23(31)32)20(30)6-3-11-26-15-35(33,34)21-18(24)4-2-5-19(21)25/h2-10,26H,11-15H2,1H3,(H,31,32)/b6-3+. The van der Waals surface area contributed by atoms with Crippen LogP contribution in [0.1, 0.15) is 11.1 Å². The zero-order chi connectivity index (χ0) is 25.6. The summed E-state index contributed by atoms with van der Waals surface area (Å²) in [6, 6.07) is 11.7. The van der Waals surface area contributed by atoms with Crippen LogP contribution in [-0.4, -0.2) is 73.7 Å². The van der Waals surface area contributed by atoms with Crippen LogP contribution in [0.5, 0.6) is 0 Å². The van der Waals surface area contributed by atoms with E-state index in [4.69, 9.17) is 23.2 Å². The number of likely N-dealkylation sites (N-methyl/N-ethyl adjacent to an activating group) is 1. The lowest BCUT2D eigenvalue weighted by Gasteiger charge is -2.17. The van der Waals surface area contributed by atoms with Gasteiger partial charge >= 0.3 is 6.09 Å². The molecule has 2 aromatic carbocycles. The fourth-order valence-corrected chi connectivity index (χ4v) is 5.77. The Balaban J connectivity index is 1.49. The third kappa shape index (κ3) is 6.82. The highest BCUT2D eigenvalue weighted by Crippen LogP contribution is 2.29. The van der Waals surface area contributed by atoms with E-state index in [0.29, 0.717) is 31.0 Å². The van der Waals surface area contributed by atoms with Gasteiger partial charge in [0, 0.05) is 31.8 Å². The predicted octanol–water partition coefficient (Wildman–Crippen LogP) is 3.27. The molecule has 3 rings (SSSR count). The van der Waals surface area contributed by atoms with Gasteiger partial charge in [-0.3, -0.25) is 20.0 Å². The van der Waals surface area contributed by atoms with Crippen molar-refractivity contribution in [3.8, 4) is 0 Å². The van der Waals surface area contributed by atoms with Crippen LogP contribution in [-0.2, 0) is 21.2 Å². The number of amidine groups is 1. The Hall–Kier alpha value is -2.92. The Morgan fingerprint density at radius 2 is 1.83 bits per heavy atom. The van der Waals surface area contributed by atoms with Crippen molar-refractivity contribution in [3.05, 3.63) is 75.8 Å². The Bertz CT molecular complexity index is 1240. The van der Waals surface area contributed by atoms with Gasteiger partial charge in [0.05, 0.1) is 23.1 Å². The minimum Gasteiger partial charge on any atom is -0.465 e. The molecule has 1 aliphatic rings. The molecule has 12 heteroatoms. The molecule has 0 aromatic heterocycles. The predicted molar refractivity (Wildman–Crippen MR) is 135 cm³/mol. The van der Waals surface area contributed by atoms with Crippen molar-refractivity contribution in [3.63, 3.8) is 0 Å². The summed E-state index contributed by atoms with van der Waals surface area (Å²) < 4.78 is 24.9. The van der Waals surface area contributed by atoms with Crippen LogP contribution in [0.25, 0.3) is 0 Å². The fourth-order valence-electron chi connectivity index (χ4n) is 3.41. The Kier molecular flexibility index (Phi) is 8.90. The molecule has 35 heavy (non-hydrogen) atoms. The van der Waals surface area contributed by atoms with Gasteiger partial charge in [-0.1, -0.05) is 59.6 Å². The summed E-state index contributed by atoms with van der Waals surface area (Å²) >= 11 is 11.9. The van der Waals surface area contributed by atoms with Crippen molar-refractivity contribution in [2.24, 2.45) is 4.99 Å². The van der Waals surface area contributed by atoms with Crippen LogP contribution < -0.4 is 5.32 Å². The summed E-state index contributed by atoms with van der Waals surface area (Å²) in [5, 5.41) is 12.1. The summed E-state index contributed by atoms with van der Waals surface area (Å²) in [5.41, 5.74) is 1.56. The minimum atomic E-state index is -3.75. The quantitative estimate of drug-likeness (QED) is 0.373. The molecule has 0 radical (unpaired) electrons. The topological polar surface area (TPSA) is 119 Å². The second-order valence-electron chi connectivity index (χ2n) is 7.70. The lowest BCUT2D eigenvalue weighted by molar-refractivity contribution is -0.125. The maximum absolute atomic E-state index is 12.5. The highest BCUT2D eigenvalue weighted by molar-refractivity contribution is 7.91. The van der Waals surface area contributed by atoms with Gasteiger partial charge in [0.15, 0.2) is 9.84 Å². The first-order chi connectivity index (χ1) is 16.6. The number of benzene rings is 2. The molecule has 2 amide bonds. The highest BCUT2D eigenvalue weighted by atomic mass is 35.5. The van der Waals surface area contributed by atoms with Gasteiger partial charge in [-0.25, -0.2) is 13.2 Å². The van der Waals surface area contributed by atoms with Gasteiger partial charge in [0.1, 0.15) is 16.6 Å². The van der Waals surface area contributed by atoms with Crippen molar-refractivity contribution in [1.29, 1.82) is 0 Å². The van der Waals surface area contributed by atoms with Crippen molar-refractivity contribution in [1.82, 2.24) is 15.1 Å². The number of nitrogens with zero attached hydrogens (tertiary/aromatic N) is 3. The molecule has 0 spiro atoms. The van der Waals surface area contributed by atoms with Crippen molar-refractivity contribution >= 4 is 50.9 Å². The van der Waals surface area contributed by atoms with E-state index in [-0.39, 0.29) is 33.3 Å². The third-order valence-electron chi connectivity index (χ3n) is 5.12. The molecule has 0 atom stereocenters.